The molecule has 10 rings (SSSR count). The summed E-state index contributed by atoms with van der Waals surface area (Å²) in [5, 5.41) is 60.9. The number of nitrogens with one attached hydrogen (secondary N) is 13. The first kappa shape index (κ1) is 104. The molecule has 0 aliphatic carbocycles. The number of pyridine rings is 1. The van der Waals surface area contributed by atoms with Crippen molar-refractivity contribution in [3.63, 3.8) is 0 Å². The topological polar surface area (TPSA) is 613 Å². The van der Waals surface area contributed by atoms with E-state index in [9.17, 15) is 53.7 Å². The fraction of sp³-hybridized carbons (Fsp3) is 0.495. The van der Waals surface area contributed by atoms with E-state index in [4.69, 9.17) is 11.5 Å². The average molecular weight is 1900 g/mol. The van der Waals surface area contributed by atoms with E-state index in [1.807, 2.05) is 13.8 Å². The molecule has 136 heavy (non-hydrogen) atoms. The minimum absolute atomic E-state index is 0.00271. The van der Waals surface area contributed by atoms with Crippen molar-refractivity contribution in [2.24, 2.45) is 17.4 Å². The molecule has 20 N–H and O–H groups in total. The number of benzene rings is 3. The molecule has 0 radical (unpaired) electrons. The molecule has 7 heterocycles. The van der Waals surface area contributed by atoms with Gasteiger partial charge in [0.05, 0.1) is 37.8 Å². The number of phenolic OH excluding ortho intramolecular Hbond substituents is 1. The predicted molar refractivity (Wildman–Crippen MR) is 499 cm³/mol. The van der Waals surface area contributed by atoms with Crippen LogP contribution in [0.1, 0.15) is 133 Å². The third-order valence-corrected chi connectivity index (χ3v) is 25.5. The highest BCUT2D eigenvalue weighted by Crippen LogP contribution is 2.28. The van der Waals surface area contributed by atoms with E-state index in [0.29, 0.717) is 69.9 Å². The number of H-pyrrole nitrogens is 3. The van der Waals surface area contributed by atoms with Gasteiger partial charge in [-0.15, -0.1) is 11.8 Å². The average Bonchev–Trinajstić information content (AvgIpc) is 1.65. The minimum Gasteiger partial charge on any atom is -0.508 e. The van der Waals surface area contributed by atoms with Crippen LogP contribution < -0.4 is 64.6 Å². The number of aromatic amines is 3. The summed E-state index contributed by atoms with van der Waals surface area (Å²) in [6.07, 6.45) is 5.06. The smallest absolute Gasteiger partial charge is 0.246 e. The molecular weight excluding hydrogens is 1780 g/mol. The summed E-state index contributed by atoms with van der Waals surface area (Å²) in [5.74, 6) is -17.5. The number of phenols is 1. The molecule has 0 saturated carbocycles. The van der Waals surface area contributed by atoms with Gasteiger partial charge in [-0.25, -0.2) is 4.98 Å². The number of fused-ring (bicyclic) bond motifs is 4. The molecule has 1 unspecified atom stereocenters. The highest BCUT2D eigenvalue weighted by atomic mass is 32.2. The van der Waals surface area contributed by atoms with Crippen molar-refractivity contribution >= 4 is 134 Å². The largest absolute Gasteiger partial charge is 0.508 e. The molecule has 15 atom stereocenters. The van der Waals surface area contributed by atoms with Gasteiger partial charge in [-0.05, 0) is 98.0 Å². The van der Waals surface area contributed by atoms with Crippen LogP contribution in [0.15, 0.2) is 122 Å². The van der Waals surface area contributed by atoms with Gasteiger partial charge in [0.25, 0.3) is 0 Å². The Bertz CT molecular complexity index is 5410. The van der Waals surface area contributed by atoms with E-state index in [1.165, 1.54) is 71.1 Å². The van der Waals surface area contributed by atoms with Crippen LogP contribution in [0, 0.1) is 5.92 Å². The Balaban J connectivity index is 1.02. The quantitative estimate of drug-likeness (QED) is 0.0325. The second kappa shape index (κ2) is 49.4. The molecule has 3 aliphatic heterocycles. The van der Waals surface area contributed by atoms with Gasteiger partial charge in [0.1, 0.15) is 90.3 Å². The van der Waals surface area contributed by atoms with Gasteiger partial charge in [0.2, 0.25) is 100 Å². The Morgan fingerprint density at radius 1 is 0.544 bits per heavy atom. The number of thioether (sulfide) groups is 1. The predicted octanol–water partition coefficient (Wildman–Crippen LogP) is -1.55. The summed E-state index contributed by atoms with van der Waals surface area (Å²) in [6.45, 7) is 6.08. The SMILES string of the molecule is CCCC[C@H]1C(=O)N(C)[C@@H](CCCC)C(=O)N[C@@H](Cc2ccccn2)C(=O)N[C@H](C(=O)NCC(N)=O)CSCC(=O)N[C@@H](Cc2ccc(O)cc2)C(=O)N(C)[C@@H](C)C(=O)N[C@@H](CC(N)=O)C(=O)N2CCCC2C(=O)N[C@@H](Cc2cnc[nH]2)C(=O)N[C@@H](CC(C)C)C(=O)N2C[C@H](O)C[C@H]2C(=O)N[C@@H](Cc2c[nH]c3ccccc23)C(=O)N[C@@H](CO)C(=O)N[C@@H](Cc2c[nH]c3ccccc23)C(=O)N1C. The molecule has 0 bridgehead atoms. The Hall–Kier alpha value is -13.8. The monoisotopic (exact) mass is 1900 g/mol. The second-order valence-corrected chi connectivity index (χ2v) is 36.1. The summed E-state index contributed by atoms with van der Waals surface area (Å²) in [4.78, 5) is 274. The number of para-hydroxylation sites is 2. The van der Waals surface area contributed by atoms with Gasteiger partial charge in [0.15, 0.2) is 0 Å². The Morgan fingerprint density at radius 2 is 1.08 bits per heavy atom. The molecular formula is C93H124N22O20S. The summed E-state index contributed by atoms with van der Waals surface area (Å²) in [6, 6.07) is 2.63. The standard InChI is InChI=1S/C93H124N22O20S/c1-9-11-25-73-86(128)104-65(38-56-20-17-18-32-97-56)84(126)110-72(81(123)100-45-78(95)120)48-136-49-79(121)102-68(35-53-28-30-58(117)31-29-53)89(131)111(6)52(5)80(122)106-70(41-77(94)119)91(133)114-33-19-27-74(114)87(129)105-66(39-57-44-96-50-101-57)83(125)107-67(34-51(3)4)92(134)115-46-59(118)40-76(115)88(130)103-64(36-54-42-98-62-23-15-13-21-60(54)62)82(124)109-71(47-116)85(127)108-69(37-55-43-99-63-24-16-14-22-61(55)63)90(132)113(8)75(26-12-10-2)93(135)112(73)7/h13-18,20-24,28-32,42-44,50-52,59,64-76,98-99,116-118H,9-12,19,25-27,33-41,45-49H2,1-8H3,(H2,94,119)(H2,95,120)(H,96,101)(H,100,123)(H,102,121)(H,103,130)(H,104,128)(H,105,129)(H,106,122)(H,107,125)(H,108,127)(H,109,124)(H,110,126)/t52-,59+,64-,65-,66-,67-,68-,69-,70-,71-,72-,73-,74?,75-,76-/m0/s1. The maximum absolute atomic E-state index is 15.8. The van der Waals surface area contributed by atoms with E-state index < -0.39 is 235 Å². The number of aliphatic hydroxyl groups is 2. The lowest BCUT2D eigenvalue weighted by Gasteiger charge is -2.36. The van der Waals surface area contributed by atoms with Crippen LogP contribution in [0.4, 0.5) is 0 Å². The first-order valence-electron chi connectivity index (χ1n) is 45.6. The van der Waals surface area contributed by atoms with E-state index in [2.05, 4.69) is 78.1 Å². The second-order valence-electron chi connectivity index (χ2n) is 35.0. The van der Waals surface area contributed by atoms with Crippen LogP contribution in [-0.2, 0) is 114 Å². The van der Waals surface area contributed by atoms with Gasteiger partial charge >= 0.3 is 0 Å². The number of imidazole rings is 1. The van der Waals surface area contributed by atoms with Crippen molar-refractivity contribution in [1.82, 2.24) is 103 Å². The van der Waals surface area contributed by atoms with Gasteiger partial charge in [0, 0.05) is 136 Å². The number of carbonyl (C=O) groups is 17. The normalized spacial score (nSPS) is 24.7. The van der Waals surface area contributed by atoms with Crippen molar-refractivity contribution < 1.29 is 96.8 Å². The number of hydrogen-bond acceptors (Lipinski definition) is 23. The third-order valence-electron chi connectivity index (χ3n) is 24.5. The fourth-order valence-corrected chi connectivity index (χ4v) is 17.8. The highest BCUT2D eigenvalue weighted by molar-refractivity contribution is 8.00. The molecule has 3 saturated heterocycles. The fourth-order valence-electron chi connectivity index (χ4n) is 16.9. The molecule has 42 nitrogen and oxygen atoms in total. The van der Waals surface area contributed by atoms with E-state index in [1.54, 1.807) is 93.0 Å². The van der Waals surface area contributed by atoms with Crippen LogP contribution in [0.2, 0.25) is 0 Å². The third kappa shape index (κ3) is 28.2. The molecule has 7 aromatic rings. The number of aromatic hydroxyl groups is 1. The van der Waals surface area contributed by atoms with Crippen molar-refractivity contribution in [1.29, 1.82) is 0 Å². The van der Waals surface area contributed by atoms with Crippen molar-refractivity contribution in [2.45, 2.75) is 228 Å². The van der Waals surface area contributed by atoms with Crippen LogP contribution in [0.5, 0.6) is 5.75 Å². The first-order valence-corrected chi connectivity index (χ1v) is 46.7. The number of likely N-dealkylation sites (N-methyl/N-ethyl adjacent to an activating group) is 3. The number of rotatable bonds is 24. The molecule has 17 amide bonds. The number of nitrogens with zero attached hydrogens (tertiary/aromatic N) is 7. The lowest BCUT2D eigenvalue weighted by molar-refractivity contribution is -0.149. The lowest BCUT2D eigenvalue weighted by Crippen LogP contribution is -2.62. The zero-order valence-electron chi connectivity index (χ0n) is 77.3. The Morgan fingerprint density at radius 3 is 1.68 bits per heavy atom. The van der Waals surface area contributed by atoms with Gasteiger partial charge in [-0.2, -0.15) is 0 Å². The first-order chi connectivity index (χ1) is 64.9. The number of primary amides is 2. The number of nitrogens with two attached hydrogens (primary N) is 2. The van der Waals surface area contributed by atoms with Crippen molar-refractivity contribution in [3.05, 3.63) is 150 Å². The summed E-state index contributed by atoms with van der Waals surface area (Å²) < 4.78 is 0. The van der Waals surface area contributed by atoms with Gasteiger partial charge in [-0.1, -0.05) is 108 Å². The Kier molecular flexibility index (Phi) is 37.9. The zero-order chi connectivity index (χ0) is 98.7. The van der Waals surface area contributed by atoms with Crippen molar-refractivity contribution in [3.8, 4) is 5.75 Å². The Labute approximate surface area is 789 Å². The molecule has 3 aromatic carbocycles. The molecule has 3 fully saturated rings. The zero-order valence-corrected chi connectivity index (χ0v) is 78.1. The maximum Gasteiger partial charge on any atom is 0.246 e. The number of aromatic nitrogens is 5. The maximum atomic E-state index is 15.8. The summed E-state index contributed by atoms with van der Waals surface area (Å²) in [5.41, 5.74) is 14.5. The number of aliphatic hydroxyl groups excluding tert-OH is 2. The molecule has 732 valence electrons. The highest BCUT2D eigenvalue weighted by Gasteiger charge is 2.47. The van der Waals surface area contributed by atoms with Crippen LogP contribution >= 0.6 is 11.8 Å². The molecule has 3 aliphatic rings. The minimum atomic E-state index is -1.89. The molecule has 43 heteroatoms. The number of carbonyl (C=O) groups excluding carboxylic acids is 17. The van der Waals surface area contributed by atoms with E-state index in [0.717, 1.165) is 36.3 Å². The summed E-state index contributed by atoms with van der Waals surface area (Å²) >= 11 is 0.774. The van der Waals surface area contributed by atoms with E-state index >= 15 is 43.2 Å². The van der Waals surface area contributed by atoms with Gasteiger partial charge in [-0.3, -0.25) is 86.5 Å². The molecule has 4 aromatic heterocycles. The van der Waals surface area contributed by atoms with Gasteiger partial charge < -0.3 is 119 Å². The van der Waals surface area contributed by atoms with E-state index in [-0.39, 0.29) is 88.1 Å². The van der Waals surface area contributed by atoms with Crippen LogP contribution in [0.25, 0.3) is 21.8 Å². The number of amides is 17. The van der Waals surface area contributed by atoms with Crippen LogP contribution in [-0.4, -0.2) is 315 Å². The summed E-state index contributed by atoms with van der Waals surface area (Å²) in [7, 11) is 3.94. The van der Waals surface area contributed by atoms with Crippen LogP contribution in [0.3, 0.4) is 0 Å². The van der Waals surface area contributed by atoms with Crippen molar-refractivity contribution in [2.75, 3.05) is 58.9 Å². The molecule has 0 spiro atoms. The number of unbranched alkanes of at least 4 members (excludes halogenated alkanes) is 2. The number of hydrogen-bond donors (Lipinski definition) is 18. The lowest BCUT2D eigenvalue weighted by atomic mass is 10.00.